The number of carbonyl (C=O) groups excluding carboxylic acids is 1. The van der Waals surface area contributed by atoms with Crippen LogP contribution in [0.3, 0.4) is 0 Å². The normalized spacial score (nSPS) is 11.5. The molecule has 2 nitrogen and oxygen atoms in total. The number of carbonyl (C=O) groups is 1. The fourth-order valence-electron chi connectivity index (χ4n) is 1.89. The van der Waals surface area contributed by atoms with E-state index in [1.807, 2.05) is 0 Å². The third-order valence-corrected chi connectivity index (χ3v) is 3.03. The molecular formula is C18H29CaO2+. The first-order valence-corrected chi connectivity index (χ1v) is 7.92. The van der Waals surface area contributed by atoms with Gasteiger partial charge < -0.3 is 9.90 Å². The topological polar surface area (TPSA) is 40.1 Å². The number of rotatable bonds is 13. The molecule has 0 aliphatic rings. The Morgan fingerprint density at radius 2 is 1.33 bits per heavy atom. The molecule has 21 heavy (non-hydrogen) atoms. The second-order valence-electron chi connectivity index (χ2n) is 4.97. The predicted molar refractivity (Wildman–Crippen MR) is 90.0 cm³/mol. The summed E-state index contributed by atoms with van der Waals surface area (Å²) in [6.07, 6.45) is 23.0. The summed E-state index contributed by atoms with van der Waals surface area (Å²) in [5.41, 5.74) is 0. The van der Waals surface area contributed by atoms with Gasteiger partial charge in [-0.3, -0.25) is 0 Å². The molecule has 0 aromatic carbocycles. The van der Waals surface area contributed by atoms with E-state index in [-0.39, 0.29) is 44.2 Å². The van der Waals surface area contributed by atoms with Gasteiger partial charge in [-0.2, -0.15) is 0 Å². The van der Waals surface area contributed by atoms with Crippen molar-refractivity contribution < 1.29 is 9.90 Å². The molecule has 0 aromatic heterocycles. The Kier molecular flexibility index (Phi) is 22.1. The Morgan fingerprint density at radius 3 is 1.95 bits per heavy atom. The van der Waals surface area contributed by atoms with E-state index in [1.165, 1.54) is 12.8 Å². The van der Waals surface area contributed by atoms with E-state index in [4.69, 9.17) is 0 Å². The van der Waals surface area contributed by atoms with Gasteiger partial charge in [0.15, 0.2) is 0 Å². The molecule has 114 valence electrons. The summed E-state index contributed by atoms with van der Waals surface area (Å²) in [4.78, 5) is 10.2. The van der Waals surface area contributed by atoms with Gasteiger partial charge in [-0.1, -0.05) is 62.6 Å². The van der Waals surface area contributed by atoms with Crippen LogP contribution in [0.4, 0.5) is 0 Å². The monoisotopic (exact) mass is 317 g/mol. The first kappa shape index (κ1) is 23.2. The van der Waals surface area contributed by atoms with Crippen LogP contribution >= 0.6 is 0 Å². The molecule has 0 N–H and O–H groups in total. The third kappa shape index (κ3) is 22.4. The molecule has 0 rings (SSSR count). The maximum absolute atomic E-state index is 10.2. The fourth-order valence-corrected chi connectivity index (χ4v) is 1.89. The van der Waals surface area contributed by atoms with Gasteiger partial charge in [0.1, 0.15) is 0 Å². The Labute approximate surface area is 160 Å². The maximum atomic E-state index is 10.2. The van der Waals surface area contributed by atoms with Gasteiger partial charge in [0.25, 0.3) is 0 Å². The standard InChI is InChI=1S/C18H30O2.Ca/c1-2-3-4-5-6-7-8-9-10-11-12-13-14-15-16-17-18(19)20;/h3-4,6-7,9-10H,2,5,8,11-17H2,1H3,(H,19,20);/q;+2/p-1/b4-3+,7-6+,10-9+;. The molecule has 0 atom stereocenters. The van der Waals surface area contributed by atoms with Crippen LogP contribution < -0.4 is 5.11 Å². The summed E-state index contributed by atoms with van der Waals surface area (Å²) in [7, 11) is 0. The number of carboxylic acids is 1. The van der Waals surface area contributed by atoms with E-state index in [0.717, 1.165) is 44.9 Å². The minimum atomic E-state index is -0.925. The molecule has 0 aromatic rings. The molecule has 0 unspecified atom stereocenters. The van der Waals surface area contributed by atoms with E-state index in [2.05, 4.69) is 43.4 Å². The van der Waals surface area contributed by atoms with Crippen LogP contribution in [0.25, 0.3) is 0 Å². The SMILES string of the molecule is CC/C=C/C/C=C/C/C=C/CCCCCCCC(=O)[O-].[Ca+2]. The van der Waals surface area contributed by atoms with Crippen molar-refractivity contribution in [3.8, 4) is 0 Å². The molecule has 0 bridgehead atoms. The van der Waals surface area contributed by atoms with E-state index < -0.39 is 5.97 Å². The van der Waals surface area contributed by atoms with Crippen molar-refractivity contribution in [3.05, 3.63) is 36.5 Å². The Hall–Kier alpha value is -0.0503. The second-order valence-corrected chi connectivity index (χ2v) is 4.97. The zero-order valence-electron chi connectivity index (χ0n) is 13.6. The molecule has 0 aliphatic carbocycles. The van der Waals surface area contributed by atoms with Crippen molar-refractivity contribution in [2.45, 2.75) is 71.1 Å². The summed E-state index contributed by atoms with van der Waals surface area (Å²) in [5, 5.41) is 10.2. The van der Waals surface area contributed by atoms with Crippen LogP contribution in [0.2, 0.25) is 0 Å². The Morgan fingerprint density at radius 1 is 0.810 bits per heavy atom. The molecule has 0 fully saturated rings. The van der Waals surface area contributed by atoms with Crippen LogP contribution in [0.15, 0.2) is 36.5 Å². The van der Waals surface area contributed by atoms with Gasteiger partial charge in [0, 0.05) is 5.97 Å². The maximum Gasteiger partial charge on any atom is 2.00 e. The van der Waals surface area contributed by atoms with E-state index >= 15 is 0 Å². The van der Waals surface area contributed by atoms with Crippen molar-refractivity contribution in [2.75, 3.05) is 0 Å². The molecule has 0 saturated carbocycles. The molecular weight excluding hydrogens is 288 g/mol. The molecule has 0 heterocycles. The van der Waals surface area contributed by atoms with Gasteiger partial charge in [0.05, 0.1) is 0 Å². The fraction of sp³-hybridized carbons (Fsp3) is 0.611. The van der Waals surface area contributed by atoms with Crippen LogP contribution in [-0.4, -0.2) is 43.7 Å². The minimum absolute atomic E-state index is 0. The van der Waals surface area contributed by atoms with Crippen molar-refractivity contribution in [2.24, 2.45) is 0 Å². The number of aliphatic carboxylic acids is 1. The van der Waals surface area contributed by atoms with Gasteiger partial charge in [-0.25, -0.2) is 0 Å². The summed E-state index contributed by atoms with van der Waals surface area (Å²) in [6.45, 7) is 2.15. The van der Waals surface area contributed by atoms with Crippen LogP contribution in [0, 0.1) is 0 Å². The molecule has 3 heteroatoms. The Bertz CT molecular complexity index is 306. The number of carboxylic acid groups (broad SMARTS) is 1. The smallest absolute Gasteiger partial charge is 0.550 e. The number of allylic oxidation sites excluding steroid dienone is 6. The van der Waals surface area contributed by atoms with Crippen LogP contribution in [0.1, 0.15) is 71.1 Å². The second kappa shape index (κ2) is 19.9. The van der Waals surface area contributed by atoms with Crippen molar-refractivity contribution in [3.63, 3.8) is 0 Å². The molecule has 0 radical (unpaired) electrons. The largest absolute Gasteiger partial charge is 2.00 e. The number of hydrogen-bond donors (Lipinski definition) is 0. The van der Waals surface area contributed by atoms with Crippen molar-refractivity contribution >= 4 is 43.7 Å². The predicted octanol–water partition coefficient (Wildman–Crippen LogP) is 3.95. The van der Waals surface area contributed by atoms with Gasteiger partial charge in [0.2, 0.25) is 0 Å². The van der Waals surface area contributed by atoms with E-state index in [0.29, 0.717) is 0 Å². The molecule has 0 amide bonds. The third-order valence-electron chi connectivity index (χ3n) is 3.03. The summed E-state index contributed by atoms with van der Waals surface area (Å²) in [5.74, 6) is -0.925. The van der Waals surface area contributed by atoms with Crippen molar-refractivity contribution in [1.29, 1.82) is 0 Å². The molecule has 0 spiro atoms. The summed E-state index contributed by atoms with van der Waals surface area (Å²) in [6, 6.07) is 0. The quantitative estimate of drug-likeness (QED) is 0.293. The van der Waals surface area contributed by atoms with Gasteiger partial charge in [-0.15, -0.1) is 0 Å². The average Bonchev–Trinajstić information content (AvgIpc) is 2.43. The van der Waals surface area contributed by atoms with Gasteiger partial charge >= 0.3 is 37.7 Å². The van der Waals surface area contributed by atoms with Crippen LogP contribution in [-0.2, 0) is 4.79 Å². The Balaban J connectivity index is 0. The number of unbranched alkanes of at least 4 members (excludes halogenated alkanes) is 5. The van der Waals surface area contributed by atoms with Crippen molar-refractivity contribution in [1.82, 2.24) is 0 Å². The zero-order chi connectivity index (χ0) is 14.9. The average molecular weight is 318 g/mol. The van der Waals surface area contributed by atoms with Crippen LogP contribution in [0.5, 0.6) is 0 Å². The number of hydrogen-bond acceptors (Lipinski definition) is 2. The van der Waals surface area contributed by atoms with E-state index in [1.54, 1.807) is 0 Å². The minimum Gasteiger partial charge on any atom is -0.550 e. The first-order valence-electron chi connectivity index (χ1n) is 7.92. The summed E-state index contributed by atoms with van der Waals surface area (Å²) < 4.78 is 0. The molecule has 0 aliphatic heterocycles. The summed E-state index contributed by atoms with van der Waals surface area (Å²) >= 11 is 0. The van der Waals surface area contributed by atoms with Gasteiger partial charge in [-0.05, 0) is 44.9 Å². The zero-order valence-corrected chi connectivity index (χ0v) is 15.8. The van der Waals surface area contributed by atoms with E-state index in [9.17, 15) is 9.90 Å². The molecule has 0 saturated heterocycles. The first-order chi connectivity index (χ1) is 9.77.